The molecular weight excluding hydrogens is 290 g/mol. The average molecular weight is 315 g/mol. The summed E-state index contributed by atoms with van der Waals surface area (Å²) < 4.78 is 0. The van der Waals surface area contributed by atoms with E-state index in [1.807, 2.05) is 4.80 Å². The summed E-state index contributed by atoms with van der Waals surface area (Å²) in [6.07, 6.45) is 12.9. The van der Waals surface area contributed by atoms with Crippen LogP contribution in [0.3, 0.4) is 0 Å². The molecule has 0 aromatic carbocycles. The Hall–Kier alpha value is -1.46. The van der Waals surface area contributed by atoms with Gasteiger partial charge in [0.1, 0.15) is 0 Å². The van der Waals surface area contributed by atoms with Crippen LogP contribution in [0, 0.1) is 17.3 Å². The van der Waals surface area contributed by atoms with Gasteiger partial charge in [0, 0.05) is 6.04 Å². The molecule has 0 radical (unpaired) electrons. The maximum absolute atomic E-state index is 13.2. The largest absolute Gasteiger partial charge is 0.353 e. The first kappa shape index (κ1) is 13.9. The lowest BCUT2D eigenvalue weighted by Crippen LogP contribution is -2.62. The second-order valence-corrected chi connectivity index (χ2v) is 8.65. The van der Waals surface area contributed by atoms with Crippen molar-refractivity contribution in [3.8, 4) is 0 Å². The van der Waals surface area contributed by atoms with E-state index in [0.29, 0.717) is 23.8 Å². The van der Waals surface area contributed by atoms with E-state index in [2.05, 4.69) is 20.7 Å². The molecular formula is C17H25N5O. The van der Waals surface area contributed by atoms with Gasteiger partial charge in [0.25, 0.3) is 0 Å². The molecule has 0 aliphatic heterocycles. The van der Waals surface area contributed by atoms with Crippen LogP contribution in [-0.4, -0.2) is 32.2 Å². The van der Waals surface area contributed by atoms with E-state index in [0.717, 1.165) is 44.9 Å². The molecule has 5 saturated carbocycles. The normalized spacial score (nSPS) is 42.3. The Morgan fingerprint density at radius 1 is 1.13 bits per heavy atom. The molecule has 4 bridgehead atoms. The summed E-state index contributed by atoms with van der Waals surface area (Å²) in [7, 11) is 0. The monoisotopic (exact) mass is 315 g/mol. The first-order valence-corrected chi connectivity index (χ1v) is 9.22. The topological polar surface area (TPSA) is 72.7 Å². The van der Waals surface area contributed by atoms with Gasteiger partial charge in [-0.25, -0.2) is 0 Å². The van der Waals surface area contributed by atoms with Crippen molar-refractivity contribution in [1.29, 1.82) is 0 Å². The fourth-order valence-corrected chi connectivity index (χ4v) is 6.51. The van der Waals surface area contributed by atoms with Gasteiger partial charge in [-0.15, -0.1) is 10.2 Å². The number of rotatable bonds is 3. The van der Waals surface area contributed by atoms with Gasteiger partial charge in [-0.2, -0.15) is 4.80 Å². The van der Waals surface area contributed by atoms with Crippen LogP contribution in [0.1, 0.15) is 64.2 Å². The number of nitrogens with one attached hydrogen (secondary N) is 1. The van der Waals surface area contributed by atoms with Crippen LogP contribution >= 0.6 is 0 Å². The third-order valence-electron chi connectivity index (χ3n) is 6.98. The standard InChI is InChI=1S/C17H25N5O/c23-15(20-14-3-1-2-4-14)16-6-12-5-13(7-16)9-17(8-12,10-16)22-19-11-18-21-22/h11-14H,1-10H2,(H,20,23). The van der Waals surface area contributed by atoms with Crippen LogP contribution in [0.15, 0.2) is 6.33 Å². The zero-order valence-corrected chi connectivity index (χ0v) is 13.6. The molecule has 1 N–H and O–H groups in total. The Kier molecular flexibility index (Phi) is 2.89. The number of aromatic nitrogens is 4. The zero-order valence-electron chi connectivity index (χ0n) is 13.6. The van der Waals surface area contributed by atoms with E-state index >= 15 is 0 Å². The average Bonchev–Trinajstić information content (AvgIpc) is 3.19. The van der Waals surface area contributed by atoms with E-state index in [1.165, 1.54) is 25.6 Å². The van der Waals surface area contributed by atoms with E-state index in [9.17, 15) is 4.79 Å². The number of hydrogen-bond acceptors (Lipinski definition) is 4. The number of amides is 1. The number of tetrazole rings is 1. The number of nitrogens with zero attached hydrogens (tertiary/aromatic N) is 4. The van der Waals surface area contributed by atoms with Crippen molar-refractivity contribution in [3.05, 3.63) is 6.33 Å². The number of hydrogen-bond donors (Lipinski definition) is 1. The predicted octanol–water partition coefficient (Wildman–Crippen LogP) is 2.03. The lowest BCUT2D eigenvalue weighted by atomic mass is 9.46. The van der Waals surface area contributed by atoms with Gasteiger partial charge < -0.3 is 5.32 Å². The Morgan fingerprint density at radius 2 is 1.87 bits per heavy atom. The van der Waals surface area contributed by atoms with Gasteiger partial charge in [-0.05, 0) is 68.4 Å². The predicted molar refractivity (Wildman–Crippen MR) is 83.3 cm³/mol. The minimum absolute atomic E-state index is 0.0619. The van der Waals surface area contributed by atoms with Gasteiger partial charge >= 0.3 is 0 Å². The third-order valence-corrected chi connectivity index (χ3v) is 6.98. The highest BCUT2D eigenvalue weighted by Gasteiger charge is 2.62. The van der Waals surface area contributed by atoms with Gasteiger partial charge in [-0.3, -0.25) is 4.79 Å². The van der Waals surface area contributed by atoms with Crippen LogP contribution < -0.4 is 5.32 Å². The van der Waals surface area contributed by atoms with E-state index in [1.54, 1.807) is 0 Å². The van der Waals surface area contributed by atoms with Crippen molar-refractivity contribution in [2.75, 3.05) is 0 Å². The molecule has 1 heterocycles. The summed E-state index contributed by atoms with van der Waals surface area (Å²) in [5, 5.41) is 15.9. The van der Waals surface area contributed by atoms with Gasteiger partial charge in [-0.1, -0.05) is 12.8 Å². The smallest absolute Gasteiger partial charge is 0.226 e. The van der Waals surface area contributed by atoms with Crippen molar-refractivity contribution in [1.82, 2.24) is 25.5 Å². The van der Waals surface area contributed by atoms with Gasteiger partial charge in [0.2, 0.25) is 5.91 Å². The molecule has 0 saturated heterocycles. The SMILES string of the molecule is O=C(NC1CCCC1)C12CC3CC(C1)CC(n1ncnn1)(C3)C2. The highest BCUT2D eigenvalue weighted by molar-refractivity contribution is 5.83. The Morgan fingerprint density at radius 3 is 2.52 bits per heavy atom. The van der Waals surface area contributed by atoms with Crippen molar-refractivity contribution in [2.24, 2.45) is 17.3 Å². The summed E-state index contributed by atoms with van der Waals surface area (Å²) in [6, 6.07) is 0.413. The maximum atomic E-state index is 13.2. The molecule has 2 unspecified atom stereocenters. The summed E-state index contributed by atoms with van der Waals surface area (Å²) in [5.74, 6) is 1.62. The van der Waals surface area contributed by atoms with Crippen molar-refractivity contribution >= 4 is 5.91 Å². The van der Waals surface area contributed by atoms with E-state index < -0.39 is 0 Å². The summed E-state index contributed by atoms with van der Waals surface area (Å²) in [6.45, 7) is 0. The molecule has 6 rings (SSSR count). The summed E-state index contributed by atoms with van der Waals surface area (Å²) in [5.41, 5.74) is -0.242. The second kappa shape index (κ2) is 4.77. The number of carbonyl (C=O) groups excluding carboxylic acids is 1. The molecule has 6 nitrogen and oxygen atoms in total. The molecule has 1 amide bonds. The molecule has 1 aromatic heterocycles. The molecule has 5 aliphatic carbocycles. The fourth-order valence-electron chi connectivity index (χ4n) is 6.51. The van der Waals surface area contributed by atoms with Gasteiger partial charge in [0.05, 0.1) is 11.0 Å². The van der Waals surface area contributed by atoms with Crippen molar-refractivity contribution in [2.45, 2.75) is 75.8 Å². The molecule has 2 atom stereocenters. The van der Waals surface area contributed by atoms with Gasteiger partial charge in [0.15, 0.2) is 6.33 Å². The Balaban J connectivity index is 1.45. The van der Waals surface area contributed by atoms with Crippen molar-refractivity contribution in [3.63, 3.8) is 0 Å². The lowest BCUT2D eigenvalue weighted by molar-refractivity contribution is -0.158. The van der Waals surface area contributed by atoms with Crippen LogP contribution in [0.2, 0.25) is 0 Å². The van der Waals surface area contributed by atoms with Crippen LogP contribution in [0.25, 0.3) is 0 Å². The minimum atomic E-state index is -0.180. The van der Waals surface area contributed by atoms with Crippen LogP contribution in [0.4, 0.5) is 0 Å². The Labute approximate surface area is 136 Å². The highest BCUT2D eigenvalue weighted by atomic mass is 16.2. The van der Waals surface area contributed by atoms with E-state index in [4.69, 9.17) is 0 Å². The molecule has 5 fully saturated rings. The third kappa shape index (κ3) is 2.06. The molecule has 6 heteroatoms. The van der Waals surface area contributed by atoms with Crippen LogP contribution in [-0.2, 0) is 10.3 Å². The van der Waals surface area contributed by atoms with Crippen molar-refractivity contribution < 1.29 is 4.79 Å². The molecule has 0 spiro atoms. The first-order valence-electron chi connectivity index (χ1n) is 9.22. The fraction of sp³-hybridized carbons (Fsp3) is 0.882. The first-order chi connectivity index (χ1) is 11.2. The maximum Gasteiger partial charge on any atom is 0.226 e. The lowest BCUT2D eigenvalue weighted by Gasteiger charge is -2.60. The zero-order chi connectivity index (χ0) is 15.5. The quantitative estimate of drug-likeness (QED) is 0.926. The molecule has 23 heavy (non-hydrogen) atoms. The van der Waals surface area contributed by atoms with Crippen LogP contribution in [0.5, 0.6) is 0 Å². The highest BCUT2D eigenvalue weighted by Crippen LogP contribution is 2.64. The Bertz CT molecular complexity index is 593. The summed E-state index contributed by atoms with van der Waals surface area (Å²) >= 11 is 0. The molecule has 124 valence electrons. The molecule has 5 aliphatic rings. The minimum Gasteiger partial charge on any atom is -0.353 e. The summed E-state index contributed by atoms with van der Waals surface area (Å²) in [4.78, 5) is 15.0. The van der Waals surface area contributed by atoms with E-state index in [-0.39, 0.29) is 11.0 Å². The number of carbonyl (C=O) groups is 1. The second-order valence-electron chi connectivity index (χ2n) is 8.65. The molecule has 1 aromatic rings.